The minimum Gasteiger partial charge on any atom is -0.481 e. The first-order valence-electron chi connectivity index (χ1n) is 7.47. The van der Waals surface area contributed by atoms with Crippen LogP contribution in [0.2, 0.25) is 0 Å². The molecule has 1 aromatic carbocycles. The Morgan fingerprint density at radius 2 is 2.04 bits per heavy atom. The summed E-state index contributed by atoms with van der Waals surface area (Å²) in [6, 6.07) is 4.46. The van der Waals surface area contributed by atoms with Gasteiger partial charge in [-0.3, -0.25) is 19.7 Å². The largest absolute Gasteiger partial charge is 0.481 e. The normalized spacial score (nSPS) is 20.8. The van der Waals surface area contributed by atoms with Gasteiger partial charge in [0.1, 0.15) is 0 Å². The molecule has 23 heavy (non-hydrogen) atoms. The van der Waals surface area contributed by atoms with Gasteiger partial charge in [0.05, 0.1) is 10.3 Å². The number of carbonyl (C=O) groups is 2. The maximum Gasteiger partial charge on any atom is 0.311 e. The van der Waals surface area contributed by atoms with E-state index in [1.54, 1.807) is 19.1 Å². The Hall–Kier alpha value is -2.44. The molecule has 1 fully saturated rings. The van der Waals surface area contributed by atoms with Crippen molar-refractivity contribution in [1.29, 1.82) is 0 Å². The fraction of sp³-hybridized carbons (Fsp3) is 0.500. The van der Waals surface area contributed by atoms with Crippen LogP contribution in [0, 0.1) is 15.5 Å². The van der Waals surface area contributed by atoms with E-state index in [2.05, 4.69) is 0 Å². The molecule has 0 radical (unpaired) electrons. The summed E-state index contributed by atoms with van der Waals surface area (Å²) in [5.41, 5.74) is -0.246. The highest BCUT2D eigenvalue weighted by Crippen LogP contribution is 2.32. The zero-order valence-electron chi connectivity index (χ0n) is 13.4. The number of carbonyl (C=O) groups excluding carboxylic acids is 1. The van der Waals surface area contributed by atoms with E-state index in [1.807, 2.05) is 13.8 Å². The summed E-state index contributed by atoms with van der Waals surface area (Å²) >= 11 is 0. The lowest BCUT2D eigenvalue weighted by molar-refractivity contribution is -0.385. The molecule has 1 atom stereocenters. The molecule has 1 N–H and O–H groups in total. The zero-order valence-corrected chi connectivity index (χ0v) is 13.4. The molecule has 0 aliphatic carbocycles. The Balaban J connectivity index is 2.29. The molecule has 0 spiro atoms. The number of nitrogens with zero attached hydrogens (tertiary/aromatic N) is 2. The Bertz CT molecular complexity index is 670. The molecule has 2 rings (SSSR count). The second-order valence-electron chi connectivity index (χ2n) is 6.53. The van der Waals surface area contributed by atoms with Gasteiger partial charge in [0.25, 0.3) is 11.6 Å². The van der Waals surface area contributed by atoms with E-state index in [-0.39, 0.29) is 29.6 Å². The molecule has 1 saturated heterocycles. The quantitative estimate of drug-likeness (QED) is 0.679. The molecule has 7 nitrogen and oxygen atoms in total. The average molecular weight is 320 g/mol. The molecule has 0 aromatic heterocycles. The van der Waals surface area contributed by atoms with Gasteiger partial charge in [0.2, 0.25) is 0 Å². The number of nitro benzene ring substituents is 1. The molecule has 1 aliphatic heterocycles. The Morgan fingerprint density at radius 1 is 1.39 bits per heavy atom. The number of likely N-dealkylation sites (tertiary alicyclic amines) is 1. The van der Waals surface area contributed by atoms with Crippen molar-refractivity contribution in [3.05, 3.63) is 39.4 Å². The van der Waals surface area contributed by atoms with E-state index in [1.165, 1.54) is 11.0 Å². The van der Waals surface area contributed by atoms with Crippen LogP contribution in [-0.2, 0) is 4.79 Å². The van der Waals surface area contributed by atoms with Crippen LogP contribution in [-0.4, -0.2) is 39.9 Å². The van der Waals surface area contributed by atoms with Gasteiger partial charge in [-0.05, 0) is 25.3 Å². The van der Waals surface area contributed by atoms with Crippen LogP contribution in [0.3, 0.4) is 0 Å². The van der Waals surface area contributed by atoms with Gasteiger partial charge in [0.15, 0.2) is 0 Å². The monoisotopic (exact) mass is 320 g/mol. The van der Waals surface area contributed by atoms with Crippen molar-refractivity contribution in [1.82, 2.24) is 4.90 Å². The summed E-state index contributed by atoms with van der Waals surface area (Å²) in [6.45, 7) is 5.75. The standard InChI is InChI=1S/C16H20N2O5/c1-10(2)12-5-4-11(8-13(12)18(22)23)14(19)17-7-6-16(3,9-17)15(20)21/h4-5,8,10H,6-7,9H2,1-3H3,(H,20,21). The second kappa shape index (κ2) is 5.98. The lowest BCUT2D eigenvalue weighted by atomic mass is 9.90. The van der Waals surface area contributed by atoms with E-state index in [0.29, 0.717) is 18.5 Å². The minimum absolute atomic E-state index is 0.0263. The third-order valence-electron chi connectivity index (χ3n) is 4.37. The third kappa shape index (κ3) is 3.18. The van der Waals surface area contributed by atoms with Crippen molar-refractivity contribution in [2.75, 3.05) is 13.1 Å². The molecular weight excluding hydrogens is 300 g/mol. The highest BCUT2D eigenvalue weighted by Gasteiger charge is 2.42. The van der Waals surface area contributed by atoms with Crippen LogP contribution in [0.5, 0.6) is 0 Å². The maximum absolute atomic E-state index is 12.5. The predicted molar refractivity (Wildman–Crippen MR) is 83.4 cm³/mol. The van der Waals surface area contributed by atoms with E-state index in [9.17, 15) is 24.8 Å². The molecule has 0 saturated carbocycles. The van der Waals surface area contributed by atoms with E-state index in [4.69, 9.17) is 0 Å². The molecular formula is C16H20N2O5. The van der Waals surface area contributed by atoms with Crippen LogP contribution in [0.15, 0.2) is 18.2 Å². The molecule has 1 amide bonds. The molecule has 1 unspecified atom stereocenters. The minimum atomic E-state index is -0.959. The number of carboxylic acids is 1. The van der Waals surface area contributed by atoms with Gasteiger partial charge in [-0.1, -0.05) is 19.9 Å². The van der Waals surface area contributed by atoms with Gasteiger partial charge in [0, 0.05) is 30.3 Å². The van der Waals surface area contributed by atoms with Crippen LogP contribution >= 0.6 is 0 Å². The smallest absolute Gasteiger partial charge is 0.311 e. The number of hydrogen-bond donors (Lipinski definition) is 1. The van der Waals surface area contributed by atoms with Crippen molar-refractivity contribution < 1.29 is 19.6 Å². The van der Waals surface area contributed by atoms with Crippen LogP contribution in [0.4, 0.5) is 5.69 Å². The highest BCUT2D eigenvalue weighted by molar-refractivity contribution is 5.95. The SMILES string of the molecule is CC(C)c1ccc(C(=O)N2CCC(C)(C(=O)O)C2)cc1[N+](=O)[O-]. The van der Waals surface area contributed by atoms with Crippen molar-refractivity contribution in [3.8, 4) is 0 Å². The van der Waals surface area contributed by atoms with Crippen molar-refractivity contribution in [2.24, 2.45) is 5.41 Å². The lowest BCUT2D eigenvalue weighted by Gasteiger charge is -2.20. The van der Waals surface area contributed by atoms with Gasteiger partial charge >= 0.3 is 5.97 Å². The number of amides is 1. The summed E-state index contributed by atoms with van der Waals surface area (Å²) in [6.07, 6.45) is 0.375. The fourth-order valence-corrected chi connectivity index (χ4v) is 2.81. The third-order valence-corrected chi connectivity index (χ3v) is 4.37. The van der Waals surface area contributed by atoms with Crippen LogP contribution in [0.25, 0.3) is 0 Å². The number of carboxylic acid groups (broad SMARTS) is 1. The molecule has 1 heterocycles. The van der Waals surface area contributed by atoms with Crippen molar-refractivity contribution in [3.63, 3.8) is 0 Å². The van der Waals surface area contributed by atoms with Gasteiger partial charge < -0.3 is 10.0 Å². The molecule has 7 heteroatoms. The molecule has 0 bridgehead atoms. The highest BCUT2D eigenvalue weighted by atomic mass is 16.6. The predicted octanol–water partition coefficient (Wildman–Crippen LogP) is 2.66. The summed E-state index contributed by atoms with van der Waals surface area (Å²) in [7, 11) is 0. The maximum atomic E-state index is 12.5. The first-order valence-corrected chi connectivity index (χ1v) is 7.47. The molecule has 1 aromatic rings. The van der Waals surface area contributed by atoms with Crippen LogP contribution < -0.4 is 0 Å². The first-order chi connectivity index (χ1) is 10.7. The second-order valence-corrected chi connectivity index (χ2v) is 6.53. The Morgan fingerprint density at radius 3 is 2.52 bits per heavy atom. The average Bonchev–Trinajstić information content (AvgIpc) is 2.89. The number of benzene rings is 1. The Kier molecular flexibility index (Phi) is 4.40. The van der Waals surface area contributed by atoms with E-state index >= 15 is 0 Å². The van der Waals surface area contributed by atoms with Gasteiger partial charge in [-0.25, -0.2) is 0 Å². The number of nitro groups is 1. The topological polar surface area (TPSA) is 101 Å². The van der Waals surface area contributed by atoms with Gasteiger partial charge in [-0.15, -0.1) is 0 Å². The Labute approximate surface area is 134 Å². The summed E-state index contributed by atoms with van der Waals surface area (Å²) in [5, 5.41) is 20.4. The zero-order chi connectivity index (χ0) is 17.4. The van der Waals surface area contributed by atoms with Crippen molar-refractivity contribution in [2.45, 2.75) is 33.1 Å². The number of aliphatic carboxylic acids is 1. The van der Waals surface area contributed by atoms with Crippen LogP contribution in [0.1, 0.15) is 49.0 Å². The molecule has 1 aliphatic rings. The summed E-state index contributed by atoms with van der Waals surface area (Å²) in [5.74, 6) is -1.33. The lowest BCUT2D eigenvalue weighted by Crippen LogP contribution is -2.34. The van der Waals surface area contributed by atoms with Crippen molar-refractivity contribution >= 4 is 17.6 Å². The number of rotatable bonds is 4. The summed E-state index contributed by atoms with van der Waals surface area (Å²) in [4.78, 5) is 36.0. The summed E-state index contributed by atoms with van der Waals surface area (Å²) < 4.78 is 0. The molecule has 124 valence electrons. The van der Waals surface area contributed by atoms with Gasteiger partial charge in [-0.2, -0.15) is 0 Å². The fourth-order valence-electron chi connectivity index (χ4n) is 2.81. The van der Waals surface area contributed by atoms with E-state index < -0.39 is 16.3 Å². The van der Waals surface area contributed by atoms with E-state index in [0.717, 1.165) is 0 Å². The number of hydrogen-bond acceptors (Lipinski definition) is 4. The first kappa shape index (κ1) is 16.9.